The van der Waals surface area contributed by atoms with Gasteiger partial charge in [0.05, 0.1) is 0 Å². The number of nitrogens with zero attached hydrogens (tertiary/aromatic N) is 2. The van der Waals surface area contributed by atoms with Gasteiger partial charge in [0, 0.05) is 6.54 Å². The maximum absolute atomic E-state index is 13.4. The molecule has 38 heavy (non-hydrogen) atoms. The molecule has 1 aliphatic carbocycles. The molecule has 2 amide bonds. The maximum atomic E-state index is 13.4. The van der Waals surface area contributed by atoms with Crippen LogP contribution in [-0.4, -0.2) is 39.6 Å². The maximum Gasteiger partial charge on any atom is 0.437 e. The number of Topliss-reactive ketones (excluding diaryl/α,β-unsaturated/α-hetero) is 1. The van der Waals surface area contributed by atoms with E-state index in [0.717, 1.165) is 22.2 Å². The lowest BCUT2D eigenvalue weighted by Crippen LogP contribution is -2.49. The highest BCUT2D eigenvalue weighted by molar-refractivity contribution is 6.05. The van der Waals surface area contributed by atoms with Gasteiger partial charge in [-0.05, 0) is 42.2 Å². The third kappa shape index (κ3) is 6.56. The Hall–Kier alpha value is -4.21. The van der Waals surface area contributed by atoms with E-state index in [1.807, 2.05) is 74.5 Å². The second-order valence-corrected chi connectivity index (χ2v) is 9.80. The molecule has 4 rings (SSSR count). The lowest BCUT2D eigenvalue weighted by atomic mass is 10.00. The monoisotopic (exact) mass is 520 g/mol. The highest BCUT2D eigenvalue weighted by atomic mass is 16.5. The van der Waals surface area contributed by atoms with Crippen LogP contribution in [-0.2, 0) is 29.1 Å². The number of benzene rings is 2. The summed E-state index contributed by atoms with van der Waals surface area (Å²) in [6.45, 7) is 3.89. The van der Waals surface area contributed by atoms with E-state index in [1.54, 1.807) is 0 Å². The lowest BCUT2D eigenvalue weighted by molar-refractivity contribution is -0.121. The summed E-state index contributed by atoms with van der Waals surface area (Å²) >= 11 is 0. The lowest BCUT2D eigenvalue weighted by Gasteiger charge is -2.18. The van der Waals surface area contributed by atoms with Crippen LogP contribution in [0.1, 0.15) is 48.5 Å². The van der Waals surface area contributed by atoms with Crippen molar-refractivity contribution in [2.75, 3.05) is 6.54 Å². The summed E-state index contributed by atoms with van der Waals surface area (Å²) in [7, 11) is 0. The SMILES string of the molecule is CC(C)[C@@H]1CC1(NC(=O)CNC(=O)OCc1ccccc1)C(=O)c1nn(CCCc2ccccc2)c(=O)o1. The van der Waals surface area contributed by atoms with Crippen LogP contribution in [0.15, 0.2) is 69.9 Å². The van der Waals surface area contributed by atoms with Crippen LogP contribution in [0, 0.1) is 11.8 Å². The molecule has 10 heteroatoms. The van der Waals surface area contributed by atoms with Gasteiger partial charge in [-0.25, -0.2) is 9.59 Å². The standard InChI is InChI=1S/C28H32N4O6/c1-19(2)22-16-28(22,30-23(33)17-29-26(35)37-18-21-12-7-4-8-13-21)24(34)25-31-32(27(36)38-25)15-9-14-20-10-5-3-6-11-20/h3-8,10-13,19,22H,9,14-18H2,1-2H3,(H,29,35)(H,30,33)/t22-,28?/m0/s1. The van der Waals surface area contributed by atoms with Gasteiger partial charge in [0.2, 0.25) is 11.7 Å². The Balaban J connectivity index is 1.33. The van der Waals surface area contributed by atoms with Crippen LogP contribution < -0.4 is 16.4 Å². The number of amides is 2. The van der Waals surface area contributed by atoms with Gasteiger partial charge in [-0.2, -0.15) is 4.68 Å². The van der Waals surface area contributed by atoms with Crippen molar-refractivity contribution in [1.82, 2.24) is 20.4 Å². The van der Waals surface area contributed by atoms with Crippen LogP contribution in [0.25, 0.3) is 0 Å². The number of rotatable bonds is 12. The van der Waals surface area contributed by atoms with Crippen LogP contribution >= 0.6 is 0 Å². The Morgan fingerprint density at radius 3 is 2.37 bits per heavy atom. The molecular formula is C28H32N4O6. The molecule has 10 nitrogen and oxygen atoms in total. The van der Waals surface area contributed by atoms with E-state index < -0.39 is 29.1 Å². The summed E-state index contributed by atoms with van der Waals surface area (Å²) < 4.78 is 11.5. The molecule has 200 valence electrons. The fraction of sp³-hybridized carbons (Fsp3) is 0.393. The molecule has 1 aromatic heterocycles. The number of hydrogen-bond donors (Lipinski definition) is 2. The number of ketones is 1. The zero-order chi connectivity index (χ0) is 27.1. The number of carbonyl (C=O) groups is 3. The molecule has 0 aliphatic heterocycles. The molecule has 1 aliphatic rings. The highest BCUT2D eigenvalue weighted by Crippen LogP contribution is 2.50. The Labute approximate surface area is 220 Å². The molecule has 2 aromatic carbocycles. The van der Waals surface area contributed by atoms with Crippen LogP contribution in [0.3, 0.4) is 0 Å². The van der Waals surface area contributed by atoms with Crippen LogP contribution in [0.5, 0.6) is 0 Å². The highest BCUT2D eigenvalue weighted by Gasteiger charge is 2.63. The number of alkyl carbamates (subject to hydrolysis) is 1. The zero-order valence-electron chi connectivity index (χ0n) is 21.5. The minimum absolute atomic E-state index is 0.0686. The molecule has 0 radical (unpaired) electrons. The Kier molecular flexibility index (Phi) is 8.40. The molecule has 2 atom stereocenters. The van der Waals surface area contributed by atoms with Crippen molar-refractivity contribution >= 4 is 17.8 Å². The van der Waals surface area contributed by atoms with Gasteiger partial charge in [0.25, 0.3) is 5.89 Å². The number of aromatic nitrogens is 2. The fourth-order valence-electron chi connectivity index (χ4n) is 4.58. The van der Waals surface area contributed by atoms with Gasteiger partial charge in [-0.15, -0.1) is 5.10 Å². The topological polar surface area (TPSA) is 133 Å². The van der Waals surface area contributed by atoms with E-state index in [2.05, 4.69) is 15.7 Å². The summed E-state index contributed by atoms with van der Waals surface area (Å²) in [5.41, 5.74) is 0.716. The molecule has 1 heterocycles. The van der Waals surface area contributed by atoms with Gasteiger partial charge in [0.1, 0.15) is 18.7 Å². The Bertz CT molecular complexity index is 1320. The number of hydrogen-bond acceptors (Lipinski definition) is 7. The predicted octanol–water partition coefficient (Wildman–Crippen LogP) is 3.11. The van der Waals surface area contributed by atoms with Gasteiger partial charge >= 0.3 is 11.8 Å². The van der Waals surface area contributed by atoms with Crippen molar-refractivity contribution in [2.24, 2.45) is 11.8 Å². The van der Waals surface area contributed by atoms with Crippen LogP contribution in [0.2, 0.25) is 0 Å². The molecule has 0 bridgehead atoms. The largest absolute Gasteiger partial charge is 0.445 e. The van der Waals surface area contributed by atoms with E-state index in [4.69, 9.17) is 9.15 Å². The van der Waals surface area contributed by atoms with Crippen molar-refractivity contribution in [3.63, 3.8) is 0 Å². The molecule has 3 aromatic rings. The second kappa shape index (κ2) is 11.9. The van der Waals surface area contributed by atoms with E-state index in [-0.39, 0.29) is 30.9 Å². The minimum atomic E-state index is -1.24. The van der Waals surface area contributed by atoms with E-state index in [1.165, 1.54) is 0 Å². The number of aryl methyl sites for hydroxylation is 2. The quantitative estimate of drug-likeness (QED) is 0.351. The van der Waals surface area contributed by atoms with Gasteiger partial charge in [0.15, 0.2) is 0 Å². The summed E-state index contributed by atoms with van der Waals surface area (Å²) in [5, 5.41) is 9.27. The first-order valence-electron chi connectivity index (χ1n) is 12.7. The normalized spacial score (nSPS) is 18.1. The van der Waals surface area contributed by atoms with Crippen molar-refractivity contribution in [3.8, 4) is 0 Å². The van der Waals surface area contributed by atoms with E-state index in [0.29, 0.717) is 19.4 Å². The first-order chi connectivity index (χ1) is 18.3. The van der Waals surface area contributed by atoms with Crippen LogP contribution in [0.4, 0.5) is 4.79 Å². The molecule has 1 fully saturated rings. The fourth-order valence-corrected chi connectivity index (χ4v) is 4.58. The van der Waals surface area contributed by atoms with Gasteiger partial charge in [-0.3, -0.25) is 9.59 Å². The molecule has 0 saturated heterocycles. The Morgan fingerprint density at radius 2 is 1.74 bits per heavy atom. The zero-order valence-corrected chi connectivity index (χ0v) is 21.5. The third-order valence-corrected chi connectivity index (χ3v) is 6.67. The Morgan fingerprint density at radius 1 is 1.08 bits per heavy atom. The summed E-state index contributed by atoms with van der Waals surface area (Å²) in [6, 6.07) is 19.0. The van der Waals surface area contributed by atoms with E-state index in [9.17, 15) is 19.2 Å². The number of ether oxygens (including phenoxy) is 1. The van der Waals surface area contributed by atoms with Crippen molar-refractivity contribution in [3.05, 3.63) is 88.2 Å². The average Bonchev–Trinajstić information content (AvgIpc) is 3.54. The molecule has 1 saturated carbocycles. The minimum Gasteiger partial charge on any atom is -0.445 e. The van der Waals surface area contributed by atoms with Gasteiger partial charge < -0.3 is 19.8 Å². The van der Waals surface area contributed by atoms with Crippen molar-refractivity contribution in [1.29, 1.82) is 0 Å². The first kappa shape index (κ1) is 26.8. The average molecular weight is 521 g/mol. The van der Waals surface area contributed by atoms with E-state index >= 15 is 0 Å². The molecular weight excluding hydrogens is 488 g/mol. The number of carbonyl (C=O) groups excluding carboxylic acids is 3. The smallest absolute Gasteiger partial charge is 0.437 e. The van der Waals surface area contributed by atoms with Crippen molar-refractivity contribution in [2.45, 2.75) is 51.8 Å². The summed E-state index contributed by atoms with van der Waals surface area (Å²) in [6.07, 6.45) is 1.03. The predicted molar refractivity (Wildman–Crippen MR) is 138 cm³/mol. The number of nitrogens with one attached hydrogen (secondary N) is 2. The molecule has 0 spiro atoms. The van der Waals surface area contributed by atoms with Crippen molar-refractivity contribution < 1.29 is 23.5 Å². The second-order valence-electron chi connectivity index (χ2n) is 9.80. The third-order valence-electron chi connectivity index (χ3n) is 6.67. The van der Waals surface area contributed by atoms with Gasteiger partial charge in [-0.1, -0.05) is 74.5 Å². The summed E-state index contributed by atoms with van der Waals surface area (Å²) in [5.74, 6) is -2.21. The molecule has 1 unspecified atom stereocenters. The first-order valence-corrected chi connectivity index (χ1v) is 12.7. The summed E-state index contributed by atoms with van der Waals surface area (Å²) in [4.78, 5) is 50.4. The molecule has 2 N–H and O–H groups in total.